The number of hydrogen-bond donors (Lipinski definition) is 1. The molecule has 0 aliphatic carbocycles. The van der Waals surface area contributed by atoms with Gasteiger partial charge in [-0.3, -0.25) is 9.78 Å². The molecule has 0 radical (unpaired) electrons. The van der Waals surface area contributed by atoms with Crippen LogP contribution in [0.2, 0.25) is 0 Å². The van der Waals surface area contributed by atoms with Crippen molar-refractivity contribution in [1.82, 2.24) is 15.2 Å². The minimum absolute atomic E-state index is 0.0789. The molecule has 0 aliphatic rings. The number of aryl methyl sites for hydroxylation is 2. The molecule has 3 rings (SSSR count). The van der Waals surface area contributed by atoms with E-state index in [1.54, 1.807) is 18.5 Å². The molecule has 24 heavy (non-hydrogen) atoms. The number of nitrogens with one attached hydrogen (secondary N) is 1. The molecule has 1 amide bonds. The van der Waals surface area contributed by atoms with Crippen LogP contribution in [-0.4, -0.2) is 21.1 Å². The Morgan fingerprint density at radius 3 is 2.83 bits per heavy atom. The van der Waals surface area contributed by atoms with Gasteiger partial charge in [0.1, 0.15) is 0 Å². The fourth-order valence-corrected chi connectivity index (χ4v) is 2.28. The van der Waals surface area contributed by atoms with Gasteiger partial charge in [-0.15, -0.1) is 10.2 Å². The van der Waals surface area contributed by atoms with Crippen molar-refractivity contribution in [3.8, 4) is 11.5 Å². The summed E-state index contributed by atoms with van der Waals surface area (Å²) < 4.78 is 5.57. The summed E-state index contributed by atoms with van der Waals surface area (Å²) in [5, 5.41) is 10.9. The lowest BCUT2D eigenvalue weighted by molar-refractivity contribution is -0.116. The zero-order chi connectivity index (χ0) is 16.9. The average Bonchev–Trinajstić information content (AvgIpc) is 3.07. The summed E-state index contributed by atoms with van der Waals surface area (Å²) in [5.41, 5.74) is 3.81. The Morgan fingerprint density at radius 2 is 2.04 bits per heavy atom. The number of carbonyl (C=O) groups excluding carboxylic acids is 1. The van der Waals surface area contributed by atoms with Gasteiger partial charge in [0, 0.05) is 30.9 Å². The van der Waals surface area contributed by atoms with Crippen LogP contribution in [0.4, 0.5) is 5.69 Å². The SMILES string of the molecule is Cc1cccc(NC(=O)CCc2nnc(-c3cccnc3)o2)c1C. The van der Waals surface area contributed by atoms with Gasteiger partial charge in [-0.25, -0.2) is 0 Å². The molecule has 2 heterocycles. The normalized spacial score (nSPS) is 10.6. The van der Waals surface area contributed by atoms with E-state index in [1.165, 1.54) is 0 Å². The van der Waals surface area contributed by atoms with Gasteiger partial charge in [0.15, 0.2) is 0 Å². The van der Waals surface area contributed by atoms with Crippen molar-refractivity contribution in [1.29, 1.82) is 0 Å². The fourth-order valence-electron chi connectivity index (χ4n) is 2.28. The van der Waals surface area contributed by atoms with E-state index < -0.39 is 0 Å². The summed E-state index contributed by atoms with van der Waals surface area (Å²) >= 11 is 0. The summed E-state index contributed by atoms with van der Waals surface area (Å²) in [7, 11) is 0. The van der Waals surface area contributed by atoms with E-state index in [9.17, 15) is 4.79 Å². The largest absolute Gasteiger partial charge is 0.421 e. The lowest BCUT2D eigenvalue weighted by Crippen LogP contribution is -2.13. The molecule has 0 unspecified atom stereocenters. The average molecular weight is 322 g/mol. The van der Waals surface area contributed by atoms with Gasteiger partial charge >= 0.3 is 0 Å². The van der Waals surface area contributed by atoms with Crippen LogP contribution in [0.1, 0.15) is 23.4 Å². The van der Waals surface area contributed by atoms with Crippen molar-refractivity contribution in [3.05, 3.63) is 59.7 Å². The summed E-state index contributed by atoms with van der Waals surface area (Å²) in [6.07, 6.45) is 4.01. The molecule has 6 nitrogen and oxygen atoms in total. The molecule has 6 heteroatoms. The molecule has 0 saturated carbocycles. The van der Waals surface area contributed by atoms with Crippen LogP contribution in [0.3, 0.4) is 0 Å². The minimum atomic E-state index is -0.0789. The molecule has 1 aromatic carbocycles. The number of nitrogens with zero attached hydrogens (tertiary/aromatic N) is 3. The third-order valence-corrected chi connectivity index (χ3v) is 3.82. The first kappa shape index (κ1) is 15.9. The van der Waals surface area contributed by atoms with E-state index in [-0.39, 0.29) is 12.3 Å². The van der Waals surface area contributed by atoms with Crippen LogP contribution in [0.5, 0.6) is 0 Å². The molecule has 0 bridgehead atoms. The third-order valence-electron chi connectivity index (χ3n) is 3.82. The number of aromatic nitrogens is 3. The minimum Gasteiger partial charge on any atom is -0.421 e. The molecular weight excluding hydrogens is 304 g/mol. The van der Waals surface area contributed by atoms with E-state index in [2.05, 4.69) is 20.5 Å². The maximum atomic E-state index is 12.1. The van der Waals surface area contributed by atoms with Gasteiger partial charge in [-0.05, 0) is 43.2 Å². The van der Waals surface area contributed by atoms with Crippen LogP contribution >= 0.6 is 0 Å². The predicted molar refractivity (Wildman–Crippen MR) is 90.4 cm³/mol. The second kappa shape index (κ2) is 7.04. The predicted octanol–water partition coefficient (Wildman–Crippen LogP) is 3.32. The lowest BCUT2D eigenvalue weighted by Gasteiger charge is -2.09. The highest BCUT2D eigenvalue weighted by molar-refractivity contribution is 5.91. The molecule has 0 spiro atoms. The van der Waals surface area contributed by atoms with Gasteiger partial charge in [0.2, 0.25) is 17.7 Å². The molecule has 0 fully saturated rings. The number of anilines is 1. The van der Waals surface area contributed by atoms with Crippen LogP contribution in [0, 0.1) is 13.8 Å². The monoisotopic (exact) mass is 322 g/mol. The zero-order valence-corrected chi connectivity index (χ0v) is 13.6. The Hall–Kier alpha value is -3.02. The van der Waals surface area contributed by atoms with Crippen LogP contribution in [0.15, 0.2) is 47.1 Å². The van der Waals surface area contributed by atoms with Crippen molar-refractivity contribution in [3.63, 3.8) is 0 Å². The third kappa shape index (κ3) is 3.65. The summed E-state index contributed by atoms with van der Waals surface area (Å²) in [6, 6.07) is 9.49. The molecule has 0 atom stereocenters. The molecule has 2 aromatic heterocycles. The van der Waals surface area contributed by atoms with Crippen molar-refractivity contribution >= 4 is 11.6 Å². The van der Waals surface area contributed by atoms with Crippen LogP contribution in [0.25, 0.3) is 11.5 Å². The zero-order valence-electron chi connectivity index (χ0n) is 13.6. The first-order valence-electron chi connectivity index (χ1n) is 7.72. The molecule has 0 saturated heterocycles. The molecular formula is C18H18N4O2. The summed E-state index contributed by atoms with van der Waals surface area (Å²) in [6.45, 7) is 4.01. The van der Waals surface area contributed by atoms with Gasteiger partial charge in [-0.1, -0.05) is 12.1 Å². The Kier molecular flexibility index (Phi) is 4.65. The van der Waals surface area contributed by atoms with Crippen molar-refractivity contribution in [2.24, 2.45) is 0 Å². The van der Waals surface area contributed by atoms with Gasteiger partial charge in [0.05, 0.1) is 5.56 Å². The van der Waals surface area contributed by atoms with Crippen molar-refractivity contribution in [2.45, 2.75) is 26.7 Å². The number of hydrogen-bond acceptors (Lipinski definition) is 5. The molecule has 0 aliphatic heterocycles. The number of amides is 1. The topological polar surface area (TPSA) is 80.9 Å². The number of benzene rings is 1. The lowest BCUT2D eigenvalue weighted by atomic mass is 10.1. The maximum Gasteiger partial charge on any atom is 0.249 e. The number of pyridine rings is 1. The highest BCUT2D eigenvalue weighted by atomic mass is 16.4. The Labute approximate surface area is 140 Å². The molecule has 122 valence electrons. The van der Waals surface area contributed by atoms with Gasteiger partial charge in [-0.2, -0.15) is 0 Å². The second-order valence-electron chi connectivity index (χ2n) is 5.54. The quantitative estimate of drug-likeness (QED) is 0.779. The van der Waals surface area contributed by atoms with E-state index in [4.69, 9.17) is 4.42 Å². The summed E-state index contributed by atoms with van der Waals surface area (Å²) in [5.74, 6) is 0.767. The van der Waals surface area contributed by atoms with Crippen LogP contribution < -0.4 is 5.32 Å². The maximum absolute atomic E-state index is 12.1. The first-order valence-corrected chi connectivity index (χ1v) is 7.72. The second-order valence-corrected chi connectivity index (χ2v) is 5.54. The Morgan fingerprint density at radius 1 is 1.17 bits per heavy atom. The Balaban J connectivity index is 1.59. The van der Waals surface area contributed by atoms with Gasteiger partial charge < -0.3 is 9.73 Å². The first-order chi connectivity index (χ1) is 11.6. The smallest absolute Gasteiger partial charge is 0.249 e. The number of rotatable bonds is 5. The Bertz CT molecular complexity index is 843. The van der Waals surface area contributed by atoms with Gasteiger partial charge in [0.25, 0.3) is 0 Å². The highest BCUT2D eigenvalue weighted by Crippen LogP contribution is 2.19. The van der Waals surface area contributed by atoms with E-state index >= 15 is 0 Å². The summed E-state index contributed by atoms with van der Waals surface area (Å²) in [4.78, 5) is 16.1. The van der Waals surface area contributed by atoms with Crippen molar-refractivity contribution < 1.29 is 9.21 Å². The fraction of sp³-hybridized carbons (Fsp3) is 0.222. The standard InChI is InChI=1S/C18H18N4O2/c1-12-5-3-7-15(13(12)2)20-16(23)8-9-17-21-22-18(24-17)14-6-4-10-19-11-14/h3-7,10-11H,8-9H2,1-2H3,(H,20,23). The molecule has 1 N–H and O–H groups in total. The molecule has 3 aromatic rings. The van der Waals surface area contributed by atoms with E-state index in [0.29, 0.717) is 18.2 Å². The van der Waals surface area contributed by atoms with E-state index in [0.717, 1.165) is 22.4 Å². The van der Waals surface area contributed by atoms with E-state index in [1.807, 2.05) is 38.1 Å². The van der Waals surface area contributed by atoms with Crippen molar-refractivity contribution in [2.75, 3.05) is 5.32 Å². The number of carbonyl (C=O) groups is 1. The van der Waals surface area contributed by atoms with Crippen LogP contribution in [-0.2, 0) is 11.2 Å². The highest BCUT2D eigenvalue weighted by Gasteiger charge is 2.11.